The molecular weight excluding hydrogens is 420 g/mol. The number of allylic oxidation sites excluding steroid dienone is 2. The monoisotopic (exact) mass is 456 g/mol. The van der Waals surface area contributed by atoms with Gasteiger partial charge in [0.2, 0.25) is 11.8 Å². The summed E-state index contributed by atoms with van der Waals surface area (Å²) >= 11 is 0. The van der Waals surface area contributed by atoms with Gasteiger partial charge in [0.1, 0.15) is 6.61 Å². The fourth-order valence-electron chi connectivity index (χ4n) is 4.69. The number of esters is 1. The summed E-state index contributed by atoms with van der Waals surface area (Å²) in [5.74, 6) is -1.43. The second-order valence-corrected chi connectivity index (χ2v) is 9.22. The molecule has 1 fully saturated rings. The Kier molecular flexibility index (Phi) is 9.48. The van der Waals surface area contributed by atoms with E-state index in [1.807, 2.05) is 42.5 Å². The molecule has 1 aromatic carbocycles. The van der Waals surface area contributed by atoms with E-state index in [0.717, 1.165) is 31.2 Å². The number of hydrogen-bond acceptors (Lipinski definition) is 5. The van der Waals surface area contributed by atoms with Crippen molar-refractivity contribution in [1.82, 2.24) is 10.6 Å². The molecular formula is C26H36N2O5. The number of rotatable bonds is 6. The number of hydrogen-bond donors (Lipinski definition) is 3. The summed E-state index contributed by atoms with van der Waals surface area (Å²) in [6, 6.07) is 9.88. The van der Waals surface area contributed by atoms with Crippen molar-refractivity contribution in [3.05, 3.63) is 48.0 Å². The minimum Gasteiger partial charge on any atom is -0.464 e. The Bertz CT molecular complexity index is 817. The van der Waals surface area contributed by atoms with E-state index >= 15 is 0 Å². The third kappa shape index (κ3) is 7.70. The molecule has 1 saturated carbocycles. The molecule has 180 valence electrons. The zero-order valence-electron chi connectivity index (χ0n) is 19.3. The van der Waals surface area contributed by atoms with Crippen LogP contribution in [0, 0.1) is 11.8 Å². The fourth-order valence-corrected chi connectivity index (χ4v) is 4.69. The first-order valence-electron chi connectivity index (χ1n) is 12.1. The third-order valence-electron chi connectivity index (χ3n) is 6.64. The highest BCUT2D eigenvalue weighted by Crippen LogP contribution is 2.29. The van der Waals surface area contributed by atoms with Crippen LogP contribution in [-0.2, 0) is 25.5 Å². The number of carbonyl (C=O) groups excluding carboxylic acids is 3. The smallest absolute Gasteiger partial charge is 0.309 e. The van der Waals surface area contributed by atoms with E-state index in [-0.39, 0.29) is 49.9 Å². The molecule has 2 aliphatic rings. The van der Waals surface area contributed by atoms with Crippen molar-refractivity contribution >= 4 is 17.8 Å². The van der Waals surface area contributed by atoms with E-state index in [1.165, 1.54) is 0 Å². The third-order valence-corrected chi connectivity index (χ3v) is 6.64. The maximum absolute atomic E-state index is 12.7. The van der Waals surface area contributed by atoms with Crippen LogP contribution < -0.4 is 10.6 Å². The van der Waals surface area contributed by atoms with Crippen molar-refractivity contribution in [2.75, 3.05) is 19.8 Å². The largest absolute Gasteiger partial charge is 0.464 e. The van der Waals surface area contributed by atoms with Gasteiger partial charge in [0.25, 0.3) is 0 Å². The molecule has 2 amide bonds. The Morgan fingerprint density at radius 1 is 1.12 bits per heavy atom. The topological polar surface area (TPSA) is 105 Å². The Labute approximate surface area is 196 Å². The number of amides is 2. The van der Waals surface area contributed by atoms with Crippen LogP contribution in [0.15, 0.2) is 42.5 Å². The van der Waals surface area contributed by atoms with Crippen molar-refractivity contribution in [2.45, 2.75) is 63.3 Å². The number of ether oxygens (including phenoxy) is 1. The van der Waals surface area contributed by atoms with Crippen molar-refractivity contribution in [1.29, 1.82) is 0 Å². The van der Waals surface area contributed by atoms with Gasteiger partial charge in [-0.3, -0.25) is 14.4 Å². The zero-order valence-corrected chi connectivity index (χ0v) is 19.3. The molecule has 3 rings (SSSR count). The average Bonchev–Trinajstić information content (AvgIpc) is 3.28. The van der Waals surface area contributed by atoms with Gasteiger partial charge in [-0.05, 0) is 44.1 Å². The second kappa shape index (κ2) is 12.5. The van der Waals surface area contributed by atoms with Gasteiger partial charge < -0.3 is 20.5 Å². The predicted molar refractivity (Wildman–Crippen MR) is 125 cm³/mol. The normalized spacial score (nSPS) is 24.0. The van der Waals surface area contributed by atoms with Crippen LogP contribution in [0.2, 0.25) is 0 Å². The quantitative estimate of drug-likeness (QED) is 0.451. The highest BCUT2D eigenvalue weighted by molar-refractivity contribution is 5.86. The molecule has 0 saturated heterocycles. The highest BCUT2D eigenvalue weighted by Gasteiger charge is 2.35. The van der Waals surface area contributed by atoms with Crippen LogP contribution in [0.5, 0.6) is 0 Å². The van der Waals surface area contributed by atoms with Crippen LogP contribution in [0.3, 0.4) is 0 Å². The predicted octanol–water partition coefficient (Wildman–Crippen LogP) is 2.67. The lowest BCUT2D eigenvalue weighted by molar-refractivity contribution is -0.149. The minimum atomic E-state index is -0.547. The summed E-state index contributed by atoms with van der Waals surface area (Å²) in [5.41, 5.74) is 0.546. The van der Waals surface area contributed by atoms with Gasteiger partial charge in [-0.2, -0.15) is 0 Å². The maximum atomic E-state index is 12.7. The number of carbonyl (C=O) groups is 3. The lowest BCUT2D eigenvalue weighted by Gasteiger charge is -2.28. The fraction of sp³-hybridized carbons (Fsp3) is 0.577. The second-order valence-electron chi connectivity index (χ2n) is 9.22. The van der Waals surface area contributed by atoms with Crippen LogP contribution >= 0.6 is 0 Å². The van der Waals surface area contributed by atoms with Gasteiger partial charge in [-0.15, -0.1) is 0 Å². The van der Waals surface area contributed by atoms with E-state index in [1.54, 1.807) is 0 Å². The Balaban J connectivity index is 1.59. The van der Waals surface area contributed by atoms with Crippen LogP contribution in [0.1, 0.15) is 56.9 Å². The van der Waals surface area contributed by atoms with Crippen LogP contribution in [-0.4, -0.2) is 48.2 Å². The molecule has 33 heavy (non-hydrogen) atoms. The minimum absolute atomic E-state index is 0.0638. The molecule has 1 aromatic rings. The van der Waals surface area contributed by atoms with E-state index in [4.69, 9.17) is 4.74 Å². The average molecular weight is 457 g/mol. The van der Waals surface area contributed by atoms with Gasteiger partial charge in [0.15, 0.2) is 0 Å². The van der Waals surface area contributed by atoms with Gasteiger partial charge in [0.05, 0.1) is 30.5 Å². The van der Waals surface area contributed by atoms with Crippen molar-refractivity contribution in [2.24, 2.45) is 11.8 Å². The van der Waals surface area contributed by atoms with Crippen molar-refractivity contribution < 1.29 is 24.2 Å². The van der Waals surface area contributed by atoms with E-state index in [0.29, 0.717) is 25.7 Å². The number of nitrogens with one attached hydrogen (secondary N) is 2. The molecule has 1 aliphatic carbocycles. The lowest BCUT2D eigenvalue weighted by atomic mass is 9.94. The highest BCUT2D eigenvalue weighted by atomic mass is 16.5. The van der Waals surface area contributed by atoms with Crippen LogP contribution in [0.4, 0.5) is 0 Å². The molecule has 0 bridgehead atoms. The van der Waals surface area contributed by atoms with Gasteiger partial charge in [0, 0.05) is 6.42 Å². The van der Waals surface area contributed by atoms with Gasteiger partial charge in [-0.25, -0.2) is 0 Å². The summed E-state index contributed by atoms with van der Waals surface area (Å²) in [7, 11) is 0. The molecule has 2 atom stereocenters. The summed E-state index contributed by atoms with van der Waals surface area (Å²) < 4.78 is 5.44. The number of aliphatic hydroxyl groups excluding tert-OH is 1. The molecule has 0 unspecified atom stereocenters. The first-order chi connectivity index (χ1) is 16.0. The van der Waals surface area contributed by atoms with Crippen molar-refractivity contribution in [3.63, 3.8) is 0 Å². The lowest BCUT2D eigenvalue weighted by Crippen LogP contribution is -2.50. The summed E-state index contributed by atoms with van der Waals surface area (Å²) in [4.78, 5) is 38.0. The van der Waals surface area contributed by atoms with Gasteiger partial charge in [-0.1, -0.05) is 55.3 Å². The molecule has 0 aromatic heterocycles. The first-order valence-corrected chi connectivity index (χ1v) is 12.1. The summed E-state index contributed by atoms with van der Waals surface area (Å²) in [5, 5.41) is 15.5. The number of cyclic esters (lactones) is 1. The Morgan fingerprint density at radius 3 is 2.61 bits per heavy atom. The Hall–Kier alpha value is -2.67. The van der Waals surface area contributed by atoms with Crippen molar-refractivity contribution in [3.8, 4) is 0 Å². The van der Waals surface area contributed by atoms with Gasteiger partial charge >= 0.3 is 5.97 Å². The standard InChI is InChI=1S/C26H36N2O5/c29-19-26(13-7-8-14-26)28-23(30)18-21-11-5-2-6-12-22(17-20-9-3-1-4-10-20)25(32)33-16-15-27-24(21)31/h1-5,9-10,21-22,29H,6-8,11-19H2,(H,27,31)(H,28,30)/t21-,22-/m1/s1. The zero-order chi connectivity index (χ0) is 23.5. The first kappa shape index (κ1) is 25.0. The molecule has 0 radical (unpaired) electrons. The molecule has 3 N–H and O–H groups in total. The van der Waals surface area contributed by atoms with E-state index in [9.17, 15) is 19.5 Å². The number of aliphatic hydroxyl groups is 1. The summed E-state index contributed by atoms with van der Waals surface area (Å²) in [6.07, 6.45) is 9.90. The van der Waals surface area contributed by atoms with E-state index in [2.05, 4.69) is 10.6 Å². The molecule has 7 heteroatoms. The molecule has 7 nitrogen and oxygen atoms in total. The number of benzene rings is 1. The van der Waals surface area contributed by atoms with Crippen LogP contribution in [0.25, 0.3) is 0 Å². The molecule has 1 aliphatic heterocycles. The SMILES string of the molecule is O=C(C[C@H]1CC=CCC[C@H](Cc2ccccc2)C(=O)OCCNC1=O)NC1(CO)CCCC1. The molecule has 0 spiro atoms. The molecule has 1 heterocycles. The summed E-state index contributed by atoms with van der Waals surface area (Å²) in [6.45, 7) is 0.242. The maximum Gasteiger partial charge on any atom is 0.309 e. The van der Waals surface area contributed by atoms with E-state index < -0.39 is 11.5 Å². The Morgan fingerprint density at radius 2 is 1.88 bits per heavy atom.